The maximum absolute atomic E-state index is 11.5. The van der Waals surface area contributed by atoms with Gasteiger partial charge in [0, 0.05) is 17.1 Å². The van der Waals surface area contributed by atoms with E-state index in [0.717, 1.165) is 24.9 Å². The van der Waals surface area contributed by atoms with E-state index in [2.05, 4.69) is 16.0 Å². The Bertz CT molecular complexity index is 621. The monoisotopic (exact) mass is 288 g/mol. The molecule has 0 saturated heterocycles. The molecule has 104 valence electrons. The number of carbonyl (C=O) groups is 1. The highest BCUT2D eigenvalue weighted by Crippen LogP contribution is 2.35. The van der Waals surface area contributed by atoms with Crippen LogP contribution in [0.1, 0.15) is 33.6 Å². The van der Waals surface area contributed by atoms with Gasteiger partial charge in [-0.25, -0.2) is 9.78 Å². The van der Waals surface area contributed by atoms with Crippen molar-refractivity contribution in [2.45, 2.75) is 32.4 Å². The summed E-state index contributed by atoms with van der Waals surface area (Å²) in [6.07, 6.45) is 3.92. The van der Waals surface area contributed by atoms with Crippen LogP contribution >= 0.6 is 11.3 Å². The van der Waals surface area contributed by atoms with E-state index in [9.17, 15) is 9.90 Å². The molecule has 0 amide bonds. The molecule has 1 aliphatic carbocycles. The fourth-order valence-corrected chi connectivity index (χ4v) is 3.06. The first-order valence-electron chi connectivity index (χ1n) is 6.64. The van der Waals surface area contributed by atoms with Crippen molar-refractivity contribution in [3.63, 3.8) is 0 Å². The van der Waals surface area contributed by atoms with E-state index in [-0.39, 0.29) is 0 Å². The molecule has 1 N–H and O–H groups in total. The van der Waals surface area contributed by atoms with Crippen LogP contribution < -0.4 is 4.90 Å². The molecule has 1 aliphatic rings. The molecule has 1 saturated carbocycles. The fraction of sp³-hybridized carbons (Fsp3) is 0.333. The van der Waals surface area contributed by atoms with E-state index in [1.807, 2.05) is 18.4 Å². The number of thiophene rings is 1. The molecular weight excluding hydrogens is 272 g/mol. The summed E-state index contributed by atoms with van der Waals surface area (Å²) in [5, 5.41) is 11.5. The summed E-state index contributed by atoms with van der Waals surface area (Å²) in [5.74, 6) is -0.296. The SMILES string of the molecule is Cc1ccnc(N(Cc2cccs2)C2CC2)c1C(=O)O. The number of aryl methyl sites for hydroxylation is 1. The van der Waals surface area contributed by atoms with Gasteiger partial charge in [0.15, 0.2) is 0 Å². The van der Waals surface area contributed by atoms with Gasteiger partial charge in [0.25, 0.3) is 0 Å². The van der Waals surface area contributed by atoms with Crippen LogP contribution in [0.4, 0.5) is 5.82 Å². The number of aromatic nitrogens is 1. The minimum absolute atomic E-state index is 0.330. The zero-order valence-electron chi connectivity index (χ0n) is 11.2. The Morgan fingerprint density at radius 3 is 2.90 bits per heavy atom. The van der Waals surface area contributed by atoms with Gasteiger partial charge in [-0.15, -0.1) is 11.3 Å². The van der Waals surface area contributed by atoms with Crippen molar-refractivity contribution in [3.05, 3.63) is 45.8 Å². The number of pyridine rings is 1. The molecule has 5 heteroatoms. The maximum Gasteiger partial charge on any atom is 0.339 e. The van der Waals surface area contributed by atoms with Crippen molar-refractivity contribution in [2.75, 3.05) is 4.90 Å². The van der Waals surface area contributed by atoms with Gasteiger partial charge in [0.2, 0.25) is 0 Å². The Labute approximate surface area is 121 Å². The van der Waals surface area contributed by atoms with Gasteiger partial charge >= 0.3 is 5.97 Å². The average Bonchev–Trinajstić information content (AvgIpc) is 3.12. The Balaban J connectivity index is 1.99. The Kier molecular flexibility index (Phi) is 3.44. The minimum Gasteiger partial charge on any atom is -0.478 e. The molecule has 0 spiro atoms. The molecule has 20 heavy (non-hydrogen) atoms. The lowest BCUT2D eigenvalue weighted by Gasteiger charge is -2.25. The minimum atomic E-state index is -0.901. The van der Waals surface area contributed by atoms with Crippen molar-refractivity contribution in [3.8, 4) is 0 Å². The summed E-state index contributed by atoms with van der Waals surface area (Å²) in [5.41, 5.74) is 1.09. The average molecular weight is 288 g/mol. The van der Waals surface area contributed by atoms with Crippen LogP contribution in [0.3, 0.4) is 0 Å². The molecule has 0 aliphatic heterocycles. The Morgan fingerprint density at radius 1 is 1.50 bits per heavy atom. The zero-order chi connectivity index (χ0) is 14.1. The summed E-state index contributed by atoms with van der Waals surface area (Å²) in [6.45, 7) is 2.56. The van der Waals surface area contributed by atoms with Crippen molar-refractivity contribution in [2.24, 2.45) is 0 Å². The molecule has 0 aromatic carbocycles. The third-order valence-electron chi connectivity index (χ3n) is 3.52. The van der Waals surface area contributed by atoms with Crippen molar-refractivity contribution < 1.29 is 9.90 Å². The Morgan fingerprint density at radius 2 is 2.30 bits per heavy atom. The number of hydrogen-bond acceptors (Lipinski definition) is 4. The van der Waals surface area contributed by atoms with Crippen molar-refractivity contribution >= 4 is 23.1 Å². The number of carboxylic acid groups (broad SMARTS) is 1. The predicted octanol–water partition coefficient (Wildman–Crippen LogP) is 3.32. The number of anilines is 1. The van der Waals surface area contributed by atoms with E-state index >= 15 is 0 Å². The van der Waals surface area contributed by atoms with Gasteiger partial charge in [0.05, 0.1) is 6.54 Å². The van der Waals surface area contributed by atoms with Gasteiger partial charge in [-0.3, -0.25) is 0 Å². The number of rotatable bonds is 5. The second kappa shape index (κ2) is 5.25. The first-order valence-corrected chi connectivity index (χ1v) is 7.52. The quantitative estimate of drug-likeness (QED) is 0.917. The topological polar surface area (TPSA) is 53.4 Å². The number of hydrogen-bond donors (Lipinski definition) is 1. The van der Waals surface area contributed by atoms with Crippen LogP contribution in [0.5, 0.6) is 0 Å². The van der Waals surface area contributed by atoms with Gasteiger partial charge in [-0.05, 0) is 42.8 Å². The maximum atomic E-state index is 11.5. The first-order chi connectivity index (χ1) is 9.66. The van der Waals surface area contributed by atoms with Crippen LogP contribution in [-0.4, -0.2) is 22.1 Å². The fourth-order valence-electron chi connectivity index (χ4n) is 2.36. The highest BCUT2D eigenvalue weighted by atomic mass is 32.1. The van der Waals surface area contributed by atoms with Gasteiger partial charge in [-0.2, -0.15) is 0 Å². The lowest BCUT2D eigenvalue weighted by atomic mass is 10.1. The van der Waals surface area contributed by atoms with Gasteiger partial charge in [0.1, 0.15) is 11.4 Å². The molecule has 0 radical (unpaired) electrons. The third kappa shape index (κ3) is 2.54. The van der Waals surface area contributed by atoms with Crippen LogP contribution in [0, 0.1) is 6.92 Å². The first kappa shape index (κ1) is 13.1. The van der Waals surface area contributed by atoms with Gasteiger partial charge < -0.3 is 10.0 Å². The van der Waals surface area contributed by atoms with Crippen molar-refractivity contribution in [1.29, 1.82) is 0 Å². The molecule has 1 fully saturated rings. The van der Waals surface area contributed by atoms with Crippen LogP contribution in [0.15, 0.2) is 29.8 Å². The van der Waals surface area contributed by atoms with E-state index in [1.165, 1.54) is 4.88 Å². The predicted molar refractivity (Wildman–Crippen MR) is 79.5 cm³/mol. The number of carboxylic acids is 1. The van der Waals surface area contributed by atoms with Crippen LogP contribution in [0.25, 0.3) is 0 Å². The van der Waals surface area contributed by atoms with E-state index in [1.54, 1.807) is 23.6 Å². The lowest BCUT2D eigenvalue weighted by Crippen LogP contribution is -2.28. The normalized spacial score (nSPS) is 14.2. The molecule has 2 aromatic rings. The molecule has 0 bridgehead atoms. The summed E-state index contributed by atoms with van der Waals surface area (Å²) >= 11 is 1.69. The van der Waals surface area contributed by atoms with Gasteiger partial charge in [-0.1, -0.05) is 6.07 Å². The number of aromatic carboxylic acids is 1. The standard InChI is InChI=1S/C15H16N2O2S/c1-10-6-7-16-14(13(10)15(18)19)17(11-4-5-11)9-12-3-2-8-20-12/h2-3,6-8,11H,4-5,9H2,1H3,(H,18,19). The molecule has 0 unspecified atom stereocenters. The smallest absolute Gasteiger partial charge is 0.339 e. The summed E-state index contributed by atoms with van der Waals surface area (Å²) in [7, 11) is 0. The zero-order valence-corrected chi connectivity index (χ0v) is 12.1. The molecule has 2 aromatic heterocycles. The molecule has 4 nitrogen and oxygen atoms in total. The lowest BCUT2D eigenvalue weighted by molar-refractivity contribution is 0.0696. The summed E-state index contributed by atoms with van der Waals surface area (Å²) in [4.78, 5) is 19.3. The molecular formula is C15H16N2O2S. The Hall–Kier alpha value is -1.88. The van der Waals surface area contributed by atoms with E-state index in [0.29, 0.717) is 17.4 Å². The summed E-state index contributed by atoms with van der Waals surface area (Å²) < 4.78 is 0. The van der Waals surface area contributed by atoms with E-state index < -0.39 is 5.97 Å². The second-order valence-electron chi connectivity index (χ2n) is 5.07. The highest BCUT2D eigenvalue weighted by Gasteiger charge is 2.33. The molecule has 0 atom stereocenters. The molecule has 2 heterocycles. The van der Waals surface area contributed by atoms with Crippen LogP contribution in [-0.2, 0) is 6.54 Å². The largest absolute Gasteiger partial charge is 0.478 e. The summed E-state index contributed by atoms with van der Waals surface area (Å²) in [6, 6.07) is 6.27. The van der Waals surface area contributed by atoms with Crippen molar-refractivity contribution in [1.82, 2.24) is 4.98 Å². The molecule has 3 rings (SSSR count). The third-order valence-corrected chi connectivity index (χ3v) is 4.38. The second-order valence-corrected chi connectivity index (χ2v) is 6.10. The highest BCUT2D eigenvalue weighted by molar-refractivity contribution is 7.09. The van der Waals surface area contributed by atoms with E-state index in [4.69, 9.17) is 0 Å². The number of nitrogens with zero attached hydrogens (tertiary/aromatic N) is 2. The van der Waals surface area contributed by atoms with Crippen LogP contribution in [0.2, 0.25) is 0 Å².